The Labute approximate surface area is 127 Å². The first kappa shape index (κ1) is 16.3. The first-order valence-electron chi connectivity index (χ1n) is 8.22. The van der Waals surface area contributed by atoms with Crippen LogP contribution in [-0.4, -0.2) is 47.6 Å². The summed E-state index contributed by atoms with van der Waals surface area (Å²) in [4.78, 5) is 25.9. The Morgan fingerprint density at radius 3 is 2.38 bits per heavy atom. The number of aliphatic hydroxyl groups excluding tert-OH is 1. The third kappa shape index (κ3) is 4.70. The summed E-state index contributed by atoms with van der Waals surface area (Å²) in [5.74, 6) is 0.300. The Hall–Kier alpha value is -1.10. The maximum Gasteiger partial charge on any atom is 0.244 e. The Bertz CT molecular complexity index is 376. The average Bonchev–Trinajstić information content (AvgIpc) is 3.31. The summed E-state index contributed by atoms with van der Waals surface area (Å²) < 4.78 is 0. The number of aliphatic hydroxyl groups is 1. The summed E-state index contributed by atoms with van der Waals surface area (Å²) >= 11 is 0. The maximum absolute atomic E-state index is 12.2. The minimum Gasteiger partial charge on any atom is -0.391 e. The minimum atomic E-state index is -0.518. The molecule has 0 aliphatic heterocycles. The standard InChI is InChI=1S/C16H28N2O3/c1-11(17-15(20)13-6-4-3-5-7-13)16(21)18(2)10-14(19)12-8-9-12/h11-14,19H,3-10H2,1-2H3,(H,17,20). The van der Waals surface area contributed by atoms with Gasteiger partial charge in [-0.1, -0.05) is 19.3 Å². The van der Waals surface area contributed by atoms with E-state index in [1.165, 1.54) is 11.3 Å². The molecule has 0 aromatic rings. The second-order valence-electron chi connectivity index (χ2n) is 6.69. The van der Waals surface area contributed by atoms with E-state index < -0.39 is 12.1 Å². The smallest absolute Gasteiger partial charge is 0.244 e. The summed E-state index contributed by atoms with van der Waals surface area (Å²) in [6, 6.07) is -0.518. The second-order valence-corrected chi connectivity index (χ2v) is 6.69. The molecule has 2 unspecified atom stereocenters. The molecule has 0 spiro atoms. The van der Waals surface area contributed by atoms with Gasteiger partial charge in [-0.2, -0.15) is 0 Å². The molecule has 0 aromatic carbocycles. The van der Waals surface area contributed by atoms with Crippen LogP contribution in [0.1, 0.15) is 51.9 Å². The van der Waals surface area contributed by atoms with Gasteiger partial charge in [-0.15, -0.1) is 0 Å². The molecule has 0 saturated heterocycles. The molecule has 2 amide bonds. The number of carbonyl (C=O) groups is 2. The highest BCUT2D eigenvalue weighted by molar-refractivity contribution is 5.88. The van der Waals surface area contributed by atoms with Crippen molar-refractivity contribution in [1.82, 2.24) is 10.2 Å². The highest BCUT2D eigenvalue weighted by Gasteiger charge is 2.32. The van der Waals surface area contributed by atoms with E-state index >= 15 is 0 Å². The van der Waals surface area contributed by atoms with Crippen LogP contribution in [0, 0.1) is 11.8 Å². The first-order valence-corrected chi connectivity index (χ1v) is 8.22. The van der Waals surface area contributed by atoms with Crippen molar-refractivity contribution < 1.29 is 14.7 Å². The van der Waals surface area contributed by atoms with E-state index in [1.54, 1.807) is 14.0 Å². The molecule has 2 N–H and O–H groups in total. The van der Waals surface area contributed by atoms with Crippen molar-refractivity contribution in [2.75, 3.05) is 13.6 Å². The topological polar surface area (TPSA) is 69.6 Å². The van der Waals surface area contributed by atoms with Crippen molar-refractivity contribution in [1.29, 1.82) is 0 Å². The van der Waals surface area contributed by atoms with Gasteiger partial charge >= 0.3 is 0 Å². The highest BCUT2D eigenvalue weighted by Crippen LogP contribution is 2.32. The van der Waals surface area contributed by atoms with Gasteiger partial charge in [-0.05, 0) is 38.5 Å². The van der Waals surface area contributed by atoms with Crippen molar-refractivity contribution >= 4 is 11.8 Å². The maximum atomic E-state index is 12.2. The third-order valence-corrected chi connectivity index (χ3v) is 4.71. The molecule has 0 bridgehead atoms. The van der Waals surface area contributed by atoms with Crippen LogP contribution in [0.3, 0.4) is 0 Å². The summed E-state index contributed by atoms with van der Waals surface area (Å²) in [6.45, 7) is 2.08. The molecule has 2 atom stereocenters. The van der Waals surface area contributed by atoms with E-state index in [4.69, 9.17) is 0 Å². The van der Waals surface area contributed by atoms with Gasteiger partial charge in [-0.3, -0.25) is 9.59 Å². The number of nitrogens with one attached hydrogen (secondary N) is 1. The normalized spacial score (nSPS) is 22.4. The molecule has 2 aliphatic rings. The molecular weight excluding hydrogens is 268 g/mol. The van der Waals surface area contributed by atoms with Gasteiger partial charge in [0.2, 0.25) is 11.8 Å². The largest absolute Gasteiger partial charge is 0.391 e. The van der Waals surface area contributed by atoms with Crippen LogP contribution < -0.4 is 5.32 Å². The molecule has 5 nitrogen and oxygen atoms in total. The van der Waals surface area contributed by atoms with Gasteiger partial charge < -0.3 is 15.3 Å². The van der Waals surface area contributed by atoms with Crippen LogP contribution in [0.4, 0.5) is 0 Å². The lowest BCUT2D eigenvalue weighted by molar-refractivity contribution is -0.137. The zero-order chi connectivity index (χ0) is 15.4. The molecule has 0 heterocycles. The van der Waals surface area contributed by atoms with Crippen molar-refractivity contribution in [3.63, 3.8) is 0 Å². The molecular formula is C16H28N2O3. The van der Waals surface area contributed by atoms with Crippen LogP contribution in [-0.2, 0) is 9.59 Å². The van der Waals surface area contributed by atoms with E-state index in [2.05, 4.69) is 5.32 Å². The van der Waals surface area contributed by atoms with Crippen molar-refractivity contribution in [3.8, 4) is 0 Å². The number of nitrogens with zero attached hydrogens (tertiary/aromatic N) is 1. The van der Waals surface area contributed by atoms with Crippen molar-refractivity contribution in [3.05, 3.63) is 0 Å². The molecule has 2 saturated carbocycles. The first-order chi connectivity index (χ1) is 9.99. The fourth-order valence-electron chi connectivity index (χ4n) is 3.09. The minimum absolute atomic E-state index is 0.00620. The molecule has 2 rings (SSSR count). The number of amides is 2. The monoisotopic (exact) mass is 296 g/mol. The summed E-state index contributed by atoms with van der Waals surface area (Å²) in [7, 11) is 1.69. The van der Waals surface area contributed by atoms with Gasteiger partial charge in [0, 0.05) is 19.5 Å². The number of hydrogen-bond acceptors (Lipinski definition) is 3. The average molecular weight is 296 g/mol. The van der Waals surface area contributed by atoms with Crippen LogP contribution >= 0.6 is 0 Å². The summed E-state index contributed by atoms with van der Waals surface area (Å²) in [6.07, 6.45) is 6.96. The SMILES string of the molecule is CC(NC(=O)C1CCCCC1)C(=O)N(C)CC(O)C1CC1. The van der Waals surface area contributed by atoms with Crippen LogP contribution in [0.25, 0.3) is 0 Å². The van der Waals surface area contributed by atoms with Crippen LogP contribution in [0.5, 0.6) is 0 Å². The molecule has 0 aromatic heterocycles. The van der Waals surface area contributed by atoms with Gasteiger partial charge in [0.1, 0.15) is 6.04 Å². The number of rotatable bonds is 6. The number of likely N-dealkylation sites (N-methyl/N-ethyl adjacent to an activating group) is 1. The Morgan fingerprint density at radius 1 is 1.19 bits per heavy atom. The van der Waals surface area contributed by atoms with E-state index in [1.807, 2.05) is 0 Å². The second kappa shape index (κ2) is 7.25. The highest BCUT2D eigenvalue weighted by atomic mass is 16.3. The summed E-state index contributed by atoms with van der Waals surface area (Å²) in [5.41, 5.74) is 0. The quantitative estimate of drug-likeness (QED) is 0.776. The predicted molar refractivity (Wildman–Crippen MR) is 80.5 cm³/mol. The molecule has 2 aliphatic carbocycles. The zero-order valence-electron chi connectivity index (χ0n) is 13.2. The lowest BCUT2D eigenvalue weighted by Gasteiger charge is -2.26. The van der Waals surface area contributed by atoms with Gasteiger partial charge in [0.25, 0.3) is 0 Å². The van der Waals surface area contributed by atoms with Gasteiger partial charge in [-0.25, -0.2) is 0 Å². The van der Waals surface area contributed by atoms with E-state index in [9.17, 15) is 14.7 Å². The van der Waals surface area contributed by atoms with E-state index in [0.717, 1.165) is 38.5 Å². The molecule has 120 valence electrons. The van der Waals surface area contributed by atoms with Crippen LogP contribution in [0.2, 0.25) is 0 Å². The van der Waals surface area contributed by atoms with Gasteiger partial charge in [0.05, 0.1) is 6.10 Å². The fraction of sp³-hybridized carbons (Fsp3) is 0.875. The van der Waals surface area contributed by atoms with E-state index in [-0.39, 0.29) is 17.7 Å². The Kier molecular flexibility index (Phi) is 5.62. The van der Waals surface area contributed by atoms with E-state index in [0.29, 0.717) is 12.5 Å². The molecule has 5 heteroatoms. The third-order valence-electron chi connectivity index (χ3n) is 4.71. The number of carbonyl (C=O) groups excluding carboxylic acids is 2. The van der Waals surface area contributed by atoms with Crippen molar-refractivity contribution in [2.24, 2.45) is 11.8 Å². The van der Waals surface area contributed by atoms with Crippen molar-refractivity contribution in [2.45, 2.75) is 64.0 Å². The summed E-state index contributed by atoms with van der Waals surface area (Å²) in [5, 5.41) is 12.7. The lowest BCUT2D eigenvalue weighted by Crippen LogP contribution is -2.49. The Balaban J connectivity index is 1.76. The Morgan fingerprint density at radius 2 is 1.81 bits per heavy atom. The molecule has 21 heavy (non-hydrogen) atoms. The number of hydrogen-bond donors (Lipinski definition) is 2. The molecule has 0 radical (unpaired) electrons. The van der Waals surface area contributed by atoms with Gasteiger partial charge in [0.15, 0.2) is 0 Å². The fourth-order valence-corrected chi connectivity index (χ4v) is 3.09. The predicted octanol–water partition coefficient (Wildman–Crippen LogP) is 1.30. The van der Waals surface area contributed by atoms with Crippen LogP contribution in [0.15, 0.2) is 0 Å². The lowest BCUT2D eigenvalue weighted by atomic mass is 9.88. The molecule has 2 fully saturated rings. The zero-order valence-corrected chi connectivity index (χ0v) is 13.2.